The first kappa shape index (κ1) is 24.2. The average Bonchev–Trinajstić information content (AvgIpc) is 2.79. The fourth-order valence-corrected chi connectivity index (χ4v) is 4.87. The number of hydrogen-bond donors (Lipinski definition) is 2. The van der Waals surface area contributed by atoms with E-state index < -0.39 is 0 Å². The van der Waals surface area contributed by atoms with Gasteiger partial charge in [-0.25, -0.2) is 4.39 Å². The van der Waals surface area contributed by atoms with E-state index in [0.29, 0.717) is 35.1 Å². The highest BCUT2D eigenvalue weighted by molar-refractivity contribution is 6.32. The molecule has 7 nitrogen and oxygen atoms in total. The summed E-state index contributed by atoms with van der Waals surface area (Å²) >= 11 is 6.21. The SMILES string of the molecule is COc1cc(C=CC(=O)N2C3CNCC2CN(Cc2ccc(F)cc2)C3)c(NC(C)=O)cc1Cl. The van der Waals surface area contributed by atoms with Crippen LogP contribution < -0.4 is 15.4 Å². The minimum Gasteiger partial charge on any atom is -0.495 e. The number of anilines is 1. The lowest BCUT2D eigenvalue weighted by Gasteiger charge is -2.50. The third-order valence-corrected chi connectivity index (χ3v) is 6.39. The van der Waals surface area contributed by atoms with Crippen molar-refractivity contribution in [3.8, 4) is 5.75 Å². The highest BCUT2D eigenvalue weighted by Gasteiger charge is 2.39. The Labute approximate surface area is 203 Å². The molecule has 2 N–H and O–H groups in total. The summed E-state index contributed by atoms with van der Waals surface area (Å²) in [5.74, 6) is -0.106. The van der Waals surface area contributed by atoms with Gasteiger partial charge >= 0.3 is 0 Å². The molecule has 2 atom stereocenters. The van der Waals surface area contributed by atoms with E-state index in [1.165, 1.54) is 32.2 Å². The number of halogens is 2. The predicted octanol–water partition coefficient (Wildman–Crippen LogP) is 3.14. The third-order valence-electron chi connectivity index (χ3n) is 6.10. The number of methoxy groups -OCH3 is 1. The highest BCUT2D eigenvalue weighted by atomic mass is 35.5. The molecule has 2 saturated heterocycles. The molecule has 0 saturated carbocycles. The van der Waals surface area contributed by atoms with Gasteiger partial charge in [-0.05, 0) is 35.9 Å². The van der Waals surface area contributed by atoms with Crippen LogP contribution in [0.2, 0.25) is 5.02 Å². The van der Waals surface area contributed by atoms with Gasteiger partial charge in [-0.1, -0.05) is 23.7 Å². The zero-order valence-corrected chi connectivity index (χ0v) is 19.9. The first-order valence-corrected chi connectivity index (χ1v) is 11.5. The molecule has 2 unspecified atom stereocenters. The van der Waals surface area contributed by atoms with E-state index in [4.69, 9.17) is 16.3 Å². The van der Waals surface area contributed by atoms with E-state index in [1.807, 2.05) is 4.90 Å². The minimum atomic E-state index is -0.244. The first-order chi connectivity index (χ1) is 16.3. The standard InChI is InChI=1S/C25H28ClFN4O3/c1-16(32)29-23-10-22(26)24(34-2)9-18(23)5-8-25(33)31-20-11-28-12-21(31)15-30(14-20)13-17-3-6-19(27)7-4-17/h3-10,20-21,28H,11-15H2,1-2H3,(H,29,32). The molecule has 0 spiro atoms. The Bertz CT molecular complexity index is 1080. The number of amides is 2. The molecular formula is C25H28ClFN4O3. The molecule has 0 radical (unpaired) electrons. The summed E-state index contributed by atoms with van der Waals surface area (Å²) in [6.07, 6.45) is 3.22. The van der Waals surface area contributed by atoms with Crippen LogP contribution in [0.1, 0.15) is 18.1 Å². The molecule has 2 aromatic rings. The lowest BCUT2D eigenvalue weighted by molar-refractivity contribution is -0.136. The van der Waals surface area contributed by atoms with E-state index in [0.717, 1.165) is 25.2 Å². The number of piperazine rings is 2. The summed E-state index contributed by atoms with van der Waals surface area (Å²) < 4.78 is 18.5. The van der Waals surface area contributed by atoms with Crippen LogP contribution in [0.3, 0.4) is 0 Å². The second kappa shape index (κ2) is 10.5. The normalized spacial score (nSPS) is 20.4. The number of nitrogens with one attached hydrogen (secondary N) is 2. The Morgan fingerprint density at radius 2 is 1.88 bits per heavy atom. The van der Waals surface area contributed by atoms with Crippen molar-refractivity contribution in [2.75, 3.05) is 38.6 Å². The number of nitrogens with zero attached hydrogens (tertiary/aromatic N) is 2. The van der Waals surface area contributed by atoms with Crippen molar-refractivity contribution in [3.05, 3.63) is 64.4 Å². The van der Waals surface area contributed by atoms with Crippen molar-refractivity contribution < 1.29 is 18.7 Å². The van der Waals surface area contributed by atoms with Crippen LogP contribution in [0, 0.1) is 5.82 Å². The fourth-order valence-electron chi connectivity index (χ4n) is 4.63. The minimum absolute atomic E-state index is 0.0275. The molecular weight excluding hydrogens is 459 g/mol. The smallest absolute Gasteiger partial charge is 0.247 e. The average molecular weight is 487 g/mol. The molecule has 0 aromatic heterocycles. The van der Waals surface area contributed by atoms with Gasteiger partial charge in [0.15, 0.2) is 0 Å². The zero-order valence-electron chi connectivity index (χ0n) is 19.2. The summed E-state index contributed by atoms with van der Waals surface area (Å²) in [4.78, 5) is 29.1. The first-order valence-electron chi connectivity index (χ1n) is 11.2. The Balaban J connectivity index is 1.49. The molecule has 180 valence electrons. The fraction of sp³-hybridized carbons (Fsp3) is 0.360. The molecule has 2 amide bonds. The number of fused-ring (bicyclic) bond motifs is 2. The van der Waals surface area contributed by atoms with Crippen molar-refractivity contribution >= 4 is 35.2 Å². The monoisotopic (exact) mass is 486 g/mol. The molecule has 2 heterocycles. The van der Waals surface area contributed by atoms with Crippen LogP contribution in [0.15, 0.2) is 42.5 Å². The number of ether oxygens (including phenoxy) is 1. The Morgan fingerprint density at radius 1 is 1.21 bits per heavy atom. The third kappa shape index (κ3) is 5.58. The van der Waals surface area contributed by atoms with E-state index in [1.54, 1.807) is 30.3 Å². The van der Waals surface area contributed by atoms with Gasteiger partial charge in [0, 0.05) is 57.0 Å². The quantitative estimate of drug-likeness (QED) is 0.614. The van der Waals surface area contributed by atoms with Gasteiger partial charge < -0.3 is 20.3 Å². The van der Waals surface area contributed by atoms with Crippen molar-refractivity contribution in [1.82, 2.24) is 15.1 Å². The van der Waals surface area contributed by atoms with Gasteiger partial charge in [-0.2, -0.15) is 0 Å². The summed E-state index contributed by atoms with van der Waals surface area (Å²) in [7, 11) is 1.51. The van der Waals surface area contributed by atoms with E-state index in [2.05, 4.69) is 15.5 Å². The van der Waals surface area contributed by atoms with E-state index in [-0.39, 0.29) is 29.7 Å². The lowest BCUT2D eigenvalue weighted by atomic mass is 10.0. The second-order valence-corrected chi connectivity index (χ2v) is 9.03. The predicted molar refractivity (Wildman–Crippen MR) is 130 cm³/mol. The zero-order chi connectivity index (χ0) is 24.2. The van der Waals surface area contributed by atoms with Crippen LogP contribution in [0.25, 0.3) is 6.08 Å². The molecule has 0 aliphatic carbocycles. The van der Waals surface area contributed by atoms with Crippen LogP contribution in [-0.2, 0) is 16.1 Å². The Kier molecular flexibility index (Phi) is 7.50. The number of hydrogen-bond acceptors (Lipinski definition) is 5. The van der Waals surface area contributed by atoms with Gasteiger partial charge in [0.2, 0.25) is 11.8 Å². The summed E-state index contributed by atoms with van der Waals surface area (Å²) in [5, 5.41) is 6.53. The molecule has 2 aromatic carbocycles. The highest BCUT2D eigenvalue weighted by Crippen LogP contribution is 2.32. The number of carbonyl (C=O) groups excluding carboxylic acids is 2. The van der Waals surface area contributed by atoms with Crippen LogP contribution in [-0.4, -0.2) is 67.0 Å². The summed E-state index contributed by atoms with van der Waals surface area (Å²) in [5.41, 5.74) is 2.19. The largest absolute Gasteiger partial charge is 0.495 e. The van der Waals surface area contributed by atoms with Gasteiger partial charge in [0.05, 0.1) is 24.2 Å². The number of benzene rings is 2. The Morgan fingerprint density at radius 3 is 2.50 bits per heavy atom. The molecule has 2 aliphatic rings. The van der Waals surface area contributed by atoms with Crippen molar-refractivity contribution in [2.24, 2.45) is 0 Å². The topological polar surface area (TPSA) is 73.9 Å². The molecule has 4 rings (SSSR count). The van der Waals surface area contributed by atoms with E-state index in [9.17, 15) is 14.0 Å². The second-order valence-electron chi connectivity index (χ2n) is 8.62. The summed E-state index contributed by atoms with van der Waals surface area (Å²) in [6.45, 7) is 5.01. The van der Waals surface area contributed by atoms with Crippen molar-refractivity contribution in [2.45, 2.75) is 25.6 Å². The van der Waals surface area contributed by atoms with Gasteiger partial charge in [0.1, 0.15) is 11.6 Å². The Hall–Kier alpha value is -2.94. The van der Waals surface area contributed by atoms with Gasteiger partial charge in [-0.3, -0.25) is 14.5 Å². The van der Waals surface area contributed by atoms with Gasteiger partial charge in [0.25, 0.3) is 0 Å². The van der Waals surface area contributed by atoms with Crippen LogP contribution in [0.5, 0.6) is 5.75 Å². The maximum atomic E-state index is 13.2. The maximum absolute atomic E-state index is 13.2. The lowest BCUT2D eigenvalue weighted by Crippen LogP contribution is -2.68. The molecule has 34 heavy (non-hydrogen) atoms. The van der Waals surface area contributed by atoms with Crippen LogP contribution in [0.4, 0.5) is 10.1 Å². The summed E-state index contributed by atoms with van der Waals surface area (Å²) in [6, 6.07) is 9.92. The molecule has 2 aliphatic heterocycles. The van der Waals surface area contributed by atoms with E-state index >= 15 is 0 Å². The van der Waals surface area contributed by atoms with Crippen molar-refractivity contribution in [3.63, 3.8) is 0 Å². The number of rotatable bonds is 6. The molecule has 9 heteroatoms. The molecule has 2 fully saturated rings. The number of carbonyl (C=O) groups is 2. The maximum Gasteiger partial charge on any atom is 0.247 e. The van der Waals surface area contributed by atoms with Gasteiger partial charge in [-0.15, -0.1) is 0 Å². The molecule has 2 bridgehead atoms. The van der Waals surface area contributed by atoms with Crippen molar-refractivity contribution in [1.29, 1.82) is 0 Å². The van der Waals surface area contributed by atoms with Crippen LogP contribution >= 0.6 is 11.6 Å².